The van der Waals surface area contributed by atoms with Gasteiger partial charge in [0, 0.05) is 23.6 Å². The van der Waals surface area contributed by atoms with Gasteiger partial charge in [0.1, 0.15) is 5.82 Å². The highest BCUT2D eigenvalue weighted by atomic mass is 19.1. The molecule has 0 saturated heterocycles. The van der Waals surface area contributed by atoms with Crippen LogP contribution in [0.2, 0.25) is 0 Å². The van der Waals surface area contributed by atoms with Gasteiger partial charge in [-0.25, -0.2) is 4.39 Å². The summed E-state index contributed by atoms with van der Waals surface area (Å²) in [6.45, 7) is 0. The molecule has 1 atom stereocenters. The topological polar surface area (TPSA) is 109 Å². The number of rotatable bonds is 7. The number of amides is 2. The molecule has 0 aliphatic rings. The van der Waals surface area contributed by atoms with Gasteiger partial charge in [-0.1, -0.05) is 18.2 Å². The van der Waals surface area contributed by atoms with Crippen LogP contribution in [0.3, 0.4) is 0 Å². The minimum absolute atomic E-state index is 0.0985. The Morgan fingerprint density at radius 1 is 1.08 bits per heavy atom. The van der Waals surface area contributed by atoms with Crippen LogP contribution in [0.5, 0.6) is 0 Å². The van der Waals surface area contributed by atoms with E-state index in [2.05, 4.69) is 5.32 Å². The number of halogens is 1. The molecular weight excluding hydrogens is 327 g/mol. The Morgan fingerprint density at radius 2 is 1.76 bits per heavy atom. The number of carbonyl (C=O) groups excluding carboxylic acids is 2. The molecule has 7 heteroatoms. The maximum Gasteiger partial charge on any atom is 0.303 e. The third kappa shape index (κ3) is 5.42. The first-order valence-corrected chi connectivity index (χ1v) is 7.52. The minimum Gasteiger partial charge on any atom is -0.481 e. The summed E-state index contributed by atoms with van der Waals surface area (Å²) in [5.41, 5.74) is 6.38. The van der Waals surface area contributed by atoms with Crippen molar-refractivity contribution in [3.05, 3.63) is 65.5 Å². The summed E-state index contributed by atoms with van der Waals surface area (Å²) < 4.78 is 13.0. The number of aliphatic carboxylic acids is 1. The molecule has 25 heavy (non-hydrogen) atoms. The molecule has 0 aliphatic carbocycles. The van der Waals surface area contributed by atoms with Gasteiger partial charge >= 0.3 is 5.97 Å². The largest absolute Gasteiger partial charge is 0.481 e. The van der Waals surface area contributed by atoms with Crippen LogP contribution in [0.1, 0.15) is 34.7 Å². The first kappa shape index (κ1) is 18.1. The molecule has 0 heterocycles. The van der Waals surface area contributed by atoms with E-state index in [-0.39, 0.29) is 18.4 Å². The Labute approximate surface area is 143 Å². The average molecular weight is 344 g/mol. The van der Waals surface area contributed by atoms with E-state index in [1.807, 2.05) is 0 Å². The third-order valence-electron chi connectivity index (χ3n) is 3.63. The maximum atomic E-state index is 13.0. The molecule has 2 rings (SSSR count). The Bertz CT molecular complexity index is 790. The molecule has 2 aromatic rings. The van der Waals surface area contributed by atoms with Gasteiger partial charge in [-0.3, -0.25) is 14.4 Å². The number of nitrogens with two attached hydrogens (primary N) is 1. The van der Waals surface area contributed by atoms with Crippen LogP contribution in [0.4, 0.5) is 10.1 Å². The molecule has 130 valence electrons. The van der Waals surface area contributed by atoms with E-state index < -0.39 is 29.5 Å². The molecule has 4 N–H and O–H groups in total. The number of carboxylic acid groups (broad SMARTS) is 1. The summed E-state index contributed by atoms with van der Waals surface area (Å²) in [6.07, 6.45) is -0.362. The Balaban J connectivity index is 2.11. The van der Waals surface area contributed by atoms with Gasteiger partial charge in [-0.05, 0) is 35.9 Å². The molecule has 2 amide bonds. The molecule has 0 aromatic heterocycles. The van der Waals surface area contributed by atoms with Crippen molar-refractivity contribution in [1.29, 1.82) is 0 Å². The molecular formula is C18H17FN2O4. The average Bonchev–Trinajstić information content (AvgIpc) is 2.54. The molecule has 0 bridgehead atoms. The van der Waals surface area contributed by atoms with E-state index in [0.717, 1.165) is 0 Å². The molecule has 0 spiro atoms. The summed E-state index contributed by atoms with van der Waals surface area (Å²) in [5, 5.41) is 11.7. The van der Waals surface area contributed by atoms with Gasteiger partial charge in [-0.15, -0.1) is 0 Å². The summed E-state index contributed by atoms with van der Waals surface area (Å²) >= 11 is 0. The lowest BCUT2D eigenvalue weighted by Gasteiger charge is -2.15. The molecule has 0 aliphatic heterocycles. The number of nitrogens with one attached hydrogen (secondary N) is 1. The lowest BCUT2D eigenvalue weighted by molar-refractivity contribution is -0.137. The quantitative estimate of drug-likeness (QED) is 0.717. The summed E-state index contributed by atoms with van der Waals surface area (Å²) in [6, 6.07) is 11.5. The number of carboxylic acids is 1. The van der Waals surface area contributed by atoms with Gasteiger partial charge in [0.05, 0.1) is 6.42 Å². The second-order valence-electron chi connectivity index (χ2n) is 5.54. The minimum atomic E-state index is -1.06. The fourth-order valence-electron chi connectivity index (χ4n) is 2.44. The fourth-order valence-corrected chi connectivity index (χ4v) is 2.44. The van der Waals surface area contributed by atoms with E-state index in [9.17, 15) is 18.8 Å². The smallest absolute Gasteiger partial charge is 0.303 e. The second kappa shape index (κ2) is 8.05. The number of carbonyl (C=O) groups is 3. The molecule has 0 saturated carbocycles. The van der Waals surface area contributed by atoms with Gasteiger partial charge in [-0.2, -0.15) is 0 Å². The summed E-state index contributed by atoms with van der Waals surface area (Å²) in [4.78, 5) is 34.4. The van der Waals surface area contributed by atoms with E-state index in [4.69, 9.17) is 10.8 Å². The number of anilines is 1. The Kier molecular flexibility index (Phi) is 5.84. The van der Waals surface area contributed by atoms with E-state index in [1.165, 1.54) is 36.4 Å². The monoisotopic (exact) mass is 344 g/mol. The lowest BCUT2D eigenvalue weighted by atomic mass is 9.92. The highest BCUT2D eigenvalue weighted by Crippen LogP contribution is 2.24. The van der Waals surface area contributed by atoms with Crippen molar-refractivity contribution < 1.29 is 23.9 Å². The summed E-state index contributed by atoms with van der Waals surface area (Å²) in [5.74, 6) is -3.14. The normalized spacial score (nSPS) is 11.6. The molecule has 1 unspecified atom stereocenters. The zero-order valence-corrected chi connectivity index (χ0v) is 13.2. The summed E-state index contributed by atoms with van der Waals surface area (Å²) in [7, 11) is 0. The zero-order chi connectivity index (χ0) is 18.4. The van der Waals surface area contributed by atoms with Crippen molar-refractivity contribution in [3.8, 4) is 0 Å². The Morgan fingerprint density at radius 3 is 2.36 bits per heavy atom. The first-order chi connectivity index (χ1) is 11.8. The van der Waals surface area contributed by atoms with E-state index in [0.29, 0.717) is 11.3 Å². The second-order valence-corrected chi connectivity index (χ2v) is 5.54. The van der Waals surface area contributed by atoms with Crippen LogP contribution in [0, 0.1) is 5.82 Å². The van der Waals surface area contributed by atoms with Gasteiger partial charge < -0.3 is 16.2 Å². The number of primary amides is 1. The van der Waals surface area contributed by atoms with Crippen molar-refractivity contribution in [2.24, 2.45) is 5.73 Å². The molecule has 0 radical (unpaired) electrons. The van der Waals surface area contributed by atoms with Crippen LogP contribution in [0.25, 0.3) is 0 Å². The van der Waals surface area contributed by atoms with Crippen molar-refractivity contribution >= 4 is 23.5 Å². The fraction of sp³-hybridized carbons (Fsp3) is 0.167. The van der Waals surface area contributed by atoms with Crippen molar-refractivity contribution in [2.75, 3.05) is 5.32 Å². The van der Waals surface area contributed by atoms with E-state index >= 15 is 0 Å². The van der Waals surface area contributed by atoms with Crippen molar-refractivity contribution in [2.45, 2.75) is 18.8 Å². The molecule has 6 nitrogen and oxygen atoms in total. The molecule has 0 fully saturated rings. The number of benzene rings is 2. The van der Waals surface area contributed by atoms with Gasteiger partial charge in [0.15, 0.2) is 0 Å². The van der Waals surface area contributed by atoms with Crippen LogP contribution in [-0.4, -0.2) is 22.9 Å². The number of hydrogen-bond donors (Lipinski definition) is 3. The predicted molar refractivity (Wildman–Crippen MR) is 89.6 cm³/mol. The van der Waals surface area contributed by atoms with Gasteiger partial charge in [0.2, 0.25) is 11.8 Å². The van der Waals surface area contributed by atoms with Crippen LogP contribution in [-0.2, 0) is 9.59 Å². The molecule has 2 aromatic carbocycles. The van der Waals surface area contributed by atoms with Crippen molar-refractivity contribution in [3.63, 3.8) is 0 Å². The van der Waals surface area contributed by atoms with Crippen LogP contribution >= 0.6 is 0 Å². The van der Waals surface area contributed by atoms with E-state index in [1.54, 1.807) is 12.1 Å². The Hall–Kier alpha value is -3.22. The lowest BCUT2D eigenvalue weighted by Crippen LogP contribution is -2.18. The van der Waals surface area contributed by atoms with Gasteiger partial charge in [0.25, 0.3) is 0 Å². The first-order valence-electron chi connectivity index (χ1n) is 7.52. The van der Waals surface area contributed by atoms with Crippen LogP contribution < -0.4 is 11.1 Å². The predicted octanol–water partition coefficient (Wildman–Crippen LogP) is 2.51. The maximum absolute atomic E-state index is 13.0. The standard InChI is InChI=1S/C18H17FN2O4/c19-14-6-4-11(5-7-14)13(10-17(23)24)9-16(22)21-15-3-1-2-12(8-15)18(20)25/h1-8,13H,9-10H2,(H2,20,25)(H,21,22)(H,23,24). The highest BCUT2D eigenvalue weighted by molar-refractivity contribution is 5.96. The van der Waals surface area contributed by atoms with Crippen molar-refractivity contribution in [1.82, 2.24) is 0 Å². The SMILES string of the molecule is NC(=O)c1cccc(NC(=O)CC(CC(=O)O)c2ccc(F)cc2)c1. The number of hydrogen-bond acceptors (Lipinski definition) is 3. The third-order valence-corrected chi connectivity index (χ3v) is 3.63. The highest BCUT2D eigenvalue weighted by Gasteiger charge is 2.20. The zero-order valence-electron chi connectivity index (χ0n) is 13.2. The van der Waals surface area contributed by atoms with Crippen LogP contribution in [0.15, 0.2) is 48.5 Å².